The molecule has 0 fully saturated rings. The van der Waals surface area contributed by atoms with Crippen LogP contribution in [0.2, 0.25) is 0 Å². The summed E-state index contributed by atoms with van der Waals surface area (Å²) in [6.07, 6.45) is 3.39. The maximum atomic E-state index is 5.23. The van der Waals surface area contributed by atoms with Crippen LogP contribution in [0.15, 0.2) is 12.4 Å². The summed E-state index contributed by atoms with van der Waals surface area (Å²) in [6, 6.07) is 0. The second-order valence-electron chi connectivity index (χ2n) is 3.10. The van der Waals surface area contributed by atoms with E-state index in [-0.39, 0.29) is 6.10 Å². The number of hydrogen-bond acceptors (Lipinski definition) is 5. The third-order valence-electron chi connectivity index (χ3n) is 1.88. The monoisotopic (exact) mass is 211 g/mol. The first kappa shape index (κ1) is 11.7. The topological polar surface area (TPSA) is 56.3 Å². The summed E-state index contributed by atoms with van der Waals surface area (Å²) in [7, 11) is 1.68. The van der Waals surface area contributed by atoms with E-state index < -0.39 is 0 Å². The first-order valence-corrected chi connectivity index (χ1v) is 4.97. The number of rotatable bonds is 6. The van der Waals surface area contributed by atoms with Gasteiger partial charge in [0.1, 0.15) is 5.82 Å². The molecule has 0 aliphatic heterocycles. The summed E-state index contributed by atoms with van der Waals surface area (Å²) in [6.45, 7) is 5.18. The van der Waals surface area contributed by atoms with Gasteiger partial charge in [0.2, 0.25) is 5.88 Å². The number of nitrogens with zero attached hydrogens (tertiary/aromatic N) is 2. The predicted octanol–water partition coefficient (Wildman–Crippen LogP) is 1.32. The molecule has 5 nitrogen and oxygen atoms in total. The lowest BCUT2D eigenvalue weighted by atomic mass is 10.4. The fourth-order valence-electron chi connectivity index (χ4n) is 0.982. The van der Waals surface area contributed by atoms with Crippen molar-refractivity contribution < 1.29 is 9.47 Å². The zero-order chi connectivity index (χ0) is 11.1. The molecule has 0 saturated carbocycles. The van der Waals surface area contributed by atoms with Crippen LogP contribution >= 0.6 is 0 Å². The van der Waals surface area contributed by atoms with Gasteiger partial charge in [-0.15, -0.1) is 0 Å². The second-order valence-corrected chi connectivity index (χ2v) is 3.10. The van der Waals surface area contributed by atoms with Crippen LogP contribution in [0.25, 0.3) is 0 Å². The number of methoxy groups -OCH3 is 1. The Morgan fingerprint density at radius 2 is 2.27 bits per heavy atom. The summed E-state index contributed by atoms with van der Waals surface area (Å²) < 4.78 is 10.3. The average molecular weight is 211 g/mol. The van der Waals surface area contributed by atoms with Gasteiger partial charge in [-0.3, -0.25) is 4.98 Å². The molecule has 0 saturated heterocycles. The van der Waals surface area contributed by atoms with Crippen LogP contribution in [0, 0.1) is 0 Å². The molecule has 1 unspecified atom stereocenters. The van der Waals surface area contributed by atoms with Gasteiger partial charge in [-0.1, -0.05) is 0 Å². The van der Waals surface area contributed by atoms with E-state index in [0.717, 1.165) is 0 Å². The molecule has 1 atom stereocenters. The first-order valence-electron chi connectivity index (χ1n) is 4.97. The van der Waals surface area contributed by atoms with Crippen molar-refractivity contribution in [2.75, 3.05) is 25.6 Å². The van der Waals surface area contributed by atoms with Gasteiger partial charge in [-0.05, 0) is 13.8 Å². The molecule has 1 aromatic rings. The van der Waals surface area contributed by atoms with Crippen molar-refractivity contribution in [2.24, 2.45) is 0 Å². The van der Waals surface area contributed by atoms with Crippen LogP contribution < -0.4 is 10.1 Å². The highest BCUT2D eigenvalue weighted by molar-refractivity contribution is 5.33. The lowest BCUT2D eigenvalue weighted by Gasteiger charge is -2.11. The highest BCUT2D eigenvalue weighted by Gasteiger charge is 2.01. The van der Waals surface area contributed by atoms with Crippen LogP contribution in [-0.4, -0.2) is 36.3 Å². The zero-order valence-electron chi connectivity index (χ0n) is 9.36. The maximum absolute atomic E-state index is 5.23. The molecular weight excluding hydrogens is 194 g/mol. The molecular formula is C10H17N3O2. The highest BCUT2D eigenvalue weighted by atomic mass is 16.5. The Balaban J connectivity index is 2.50. The van der Waals surface area contributed by atoms with Crippen LogP contribution in [0.4, 0.5) is 5.82 Å². The second kappa shape index (κ2) is 6.19. The van der Waals surface area contributed by atoms with Gasteiger partial charge in [0.05, 0.1) is 25.1 Å². The Kier molecular flexibility index (Phi) is 4.83. The lowest BCUT2D eigenvalue weighted by molar-refractivity contribution is 0.128. The average Bonchev–Trinajstić information content (AvgIpc) is 2.27. The molecule has 1 aromatic heterocycles. The summed E-state index contributed by atoms with van der Waals surface area (Å²) >= 11 is 0. The van der Waals surface area contributed by atoms with E-state index in [9.17, 15) is 0 Å². The van der Waals surface area contributed by atoms with Crippen molar-refractivity contribution in [3.8, 4) is 5.88 Å². The number of aromatic nitrogens is 2. The zero-order valence-corrected chi connectivity index (χ0v) is 9.36. The highest BCUT2D eigenvalue weighted by Crippen LogP contribution is 2.08. The van der Waals surface area contributed by atoms with Crippen molar-refractivity contribution in [1.82, 2.24) is 9.97 Å². The fraction of sp³-hybridized carbons (Fsp3) is 0.600. The lowest BCUT2D eigenvalue weighted by Crippen LogP contribution is -2.18. The van der Waals surface area contributed by atoms with Gasteiger partial charge in [0.15, 0.2) is 0 Å². The Hall–Kier alpha value is -1.36. The largest absolute Gasteiger partial charge is 0.477 e. The first-order chi connectivity index (χ1) is 7.26. The van der Waals surface area contributed by atoms with E-state index in [4.69, 9.17) is 9.47 Å². The van der Waals surface area contributed by atoms with Gasteiger partial charge in [-0.2, -0.15) is 4.98 Å². The van der Waals surface area contributed by atoms with Crippen molar-refractivity contribution in [3.05, 3.63) is 12.4 Å². The van der Waals surface area contributed by atoms with Crippen LogP contribution in [-0.2, 0) is 4.74 Å². The molecule has 0 amide bonds. The van der Waals surface area contributed by atoms with Crippen LogP contribution in [0.1, 0.15) is 13.8 Å². The fourth-order valence-corrected chi connectivity index (χ4v) is 0.982. The molecule has 0 spiro atoms. The van der Waals surface area contributed by atoms with E-state index in [0.29, 0.717) is 24.8 Å². The molecule has 1 rings (SSSR count). The molecule has 1 heterocycles. The molecule has 5 heteroatoms. The summed E-state index contributed by atoms with van der Waals surface area (Å²) in [5.74, 6) is 1.23. The maximum Gasteiger partial charge on any atom is 0.234 e. The summed E-state index contributed by atoms with van der Waals surface area (Å²) in [4.78, 5) is 8.23. The summed E-state index contributed by atoms with van der Waals surface area (Å²) in [5, 5.41) is 3.12. The molecule has 0 bridgehead atoms. The Morgan fingerprint density at radius 1 is 1.47 bits per heavy atom. The molecule has 1 N–H and O–H groups in total. The minimum atomic E-state index is 0.141. The minimum Gasteiger partial charge on any atom is -0.477 e. The Morgan fingerprint density at radius 3 is 2.93 bits per heavy atom. The summed E-state index contributed by atoms with van der Waals surface area (Å²) in [5.41, 5.74) is 0. The van der Waals surface area contributed by atoms with Gasteiger partial charge in [0, 0.05) is 13.7 Å². The predicted molar refractivity (Wildman–Crippen MR) is 58.2 cm³/mol. The quantitative estimate of drug-likeness (QED) is 0.769. The molecule has 0 aliphatic carbocycles. The smallest absolute Gasteiger partial charge is 0.234 e. The molecule has 84 valence electrons. The van der Waals surface area contributed by atoms with E-state index >= 15 is 0 Å². The van der Waals surface area contributed by atoms with Gasteiger partial charge in [0.25, 0.3) is 0 Å². The van der Waals surface area contributed by atoms with Gasteiger partial charge in [-0.25, -0.2) is 0 Å². The minimum absolute atomic E-state index is 0.141. The third-order valence-corrected chi connectivity index (χ3v) is 1.88. The van der Waals surface area contributed by atoms with Crippen molar-refractivity contribution in [3.63, 3.8) is 0 Å². The van der Waals surface area contributed by atoms with Crippen LogP contribution in [0.5, 0.6) is 5.88 Å². The van der Waals surface area contributed by atoms with E-state index in [1.807, 2.05) is 13.8 Å². The van der Waals surface area contributed by atoms with Crippen LogP contribution in [0.3, 0.4) is 0 Å². The molecule has 0 radical (unpaired) electrons. The number of hydrogen-bond donors (Lipinski definition) is 1. The van der Waals surface area contributed by atoms with Gasteiger partial charge < -0.3 is 14.8 Å². The number of nitrogens with one attached hydrogen (secondary N) is 1. The molecule has 0 aromatic carbocycles. The Bertz CT molecular complexity index is 294. The van der Waals surface area contributed by atoms with E-state index in [1.165, 1.54) is 0 Å². The Labute approximate surface area is 89.8 Å². The van der Waals surface area contributed by atoms with Crippen molar-refractivity contribution >= 4 is 5.82 Å². The SMILES string of the molecule is CCOc1cncc(NCC(C)OC)n1. The van der Waals surface area contributed by atoms with E-state index in [2.05, 4.69) is 15.3 Å². The number of anilines is 1. The normalized spacial score (nSPS) is 12.2. The molecule has 0 aliphatic rings. The molecule has 15 heavy (non-hydrogen) atoms. The van der Waals surface area contributed by atoms with Gasteiger partial charge >= 0.3 is 0 Å². The van der Waals surface area contributed by atoms with E-state index in [1.54, 1.807) is 19.5 Å². The third kappa shape index (κ3) is 4.12. The number of ether oxygens (including phenoxy) is 2. The van der Waals surface area contributed by atoms with Crippen molar-refractivity contribution in [1.29, 1.82) is 0 Å². The standard InChI is InChI=1S/C10H17N3O2/c1-4-15-10-7-11-6-9(13-10)12-5-8(2)14-3/h6-8H,4-5H2,1-3H3,(H,12,13). The van der Waals surface area contributed by atoms with Crippen molar-refractivity contribution in [2.45, 2.75) is 20.0 Å².